The fourth-order valence-electron chi connectivity index (χ4n) is 4.64. The number of hydrogen-bond acceptors (Lipinski definition) is 3. The average Bonchev–Trinajstić information content (AvgIpc) is 3.57. The van der Waals surface area contributed by atoms with Crippen LogP contribution >= 0.6 is 11.6 Å². The van der Waals surface area contributed by atoms with Gasteiger partial charge in [0.25, 0.3) is 0 Å². The van der Waals surface area contributed by atoms with Crippen LogP contribution in [0.25, 0.3) is 0 Å². The highest BCUT2D eigenvalue weighted by atomic mass is 35.5. The van der Waals surface area contributed by atoms with Crippen molar-refractivity contribution in [2.75, 3.05) is 31.1 Å². The molecular formula is C23H32ClN3O2. The molecule has 2 aliphatic heterocycles. The Morgan fingerprint density at radius 1 is 1.07 bits per heavy atom. The topological polar surface area (TPSA) is 52.7 Å². The molecule has 6 heteroatoms. The van der Waals surface area contributed by atoms with Crippen LogP contribution in [0, 0.1) is 17.8 Å². The standard InChI is InChI=1S/C23H32ClN3O2/c1-16-4-2-10-26(14-16)21-9-6-17(12-20(21)24)13-25-22(28)19-5-3-11-27(15-19)23(29)18-7-8-18/h6,9,12,16,18-19H,2-5,7-8,10-11,13-15H2,1H3,(H,25,28)/t16-,19+/m0/s1. The van der Waals surface area contributed by atoms with Crippen LogP contribution in [-0.2, 0) is 16.1 Å². The Kier molecular flexibility index (Phi) is 6.33. The molecule has 29 heavy (non-hydrogen) atoms. The summed E-state index contributed by atoms with van der Waals surface area (Å²) in [5.41, 5.74) is 2.11. The van der Waals surface area contributed by atoms with Crippen molar-refractivity contribution in [3.05, 3.63) is 28.8 Å². The molecule has 0 spiro atoms. The summed E-state index contributed by atoms with van der Waals surface area (Å²) in [6, 6.07) is 6.11. The van der Waals surface area contributed by atoms with Crippen molar-refractivity contribution >= 4 is 29.1 Å². The number of amides is 2. The van der Waals surface area contributed by atoms with E-state index in [-0.39, 0.29) is 23.7 Å². The van der Waals surface area contributed by atoms with Crippen LogP contribution in [-0.4, -0.2) is 42.9 Å². The van der Waals surface area contributed by atoms with Crippen molar-refractivity contribution in [2.45, 2.75) is 52.0 Å². The van der Waals surface area contributed by atoms with E-state index in [0.717, 1.165) is 61.6 Å². The maximum absolute atomic E-state index is 12.7. The molecule has 4 rings (SSSR count). The highest BCUT2D eigenvalue weighted by molar-refractivity contribution is 6.33. The Hall–Kier alpha value is -1.75. The highest BCUT2D eigenvalue weighted by Gasteiger charge is 2.36. The number of halogens is 1. The Balaban J connectivity index is 1.30. The first-order valence-electron chi connectivity index (χ1n) is 11.1. The Labute approximate surface area is 178 Å². The monoisotopic (exact) mass is 417 g/mol. The fourth-order valence-corrected chi connectivity index (χ4v) is 4.96. The molecule has 2 amide bonds. The van der Waals surface area contributed by atoms with Gasteiger partial charge in [-0.1, -0.05) is 24.6 Å². The van der Waals surface area contributed by atoms with Gasteiger partial charge >= 0.3 is 0 Å². The van der Waals surface area contributed by atoms with Gasteiger partial charge in [-0.15, -0.1) is 0 Å². The molecule has 2 saturated heterocycles. The second kappa shape index (κ2) is 8.95. The second-order valence-corrected chi connectivity index (χ2v) is 9.50. The highest BCUT2D eigenvalue weighted by Crippen LogP contribution is 2.33. The van der Waals surface area contributed by atoms with E-state index in [1.807, 2.05) is 11.0 Å². The van der Waals surface area contributed by atoms with Gasteiger partial charge in [-0.3, -0.25) is 9.59 Å². The van der Waals surface area contributed by atoms with Crippen LogP contribution in [0.2, 0.25) is 5.02 Å². The van der Waals surface area contributed by atoms with Crippen LogP contribution in [0.15, 0.2) is 18.2 Å². The molecule has 0 aromatic heterocycles. The van der Waals surface area contributed by atoms with E-state index >= 15 is 0 Å². The fraction of sp³-hybridized carbons (Fsp3) is 0.652. The maximum Gasteiger partial charge on any atom is 0.225 e. The number of piperidine rings is 2. The zero-order valence-corrected chi connectivity index (χ0v) is 18.1. The van der Waals surface area contributed by atoms with Crippen LogP contribution in [0.5, 0.6) is 0 Å². The van der Waals surface area contributed by atoms with Crippen molar-refractivity contribution in [1.82, 2.24) is 10.2 Å². The summed E-state index contributed by atoms with van der Waals surface area (Å²) >= 11 is 6.57. The molecule has 158 valence electrons. The van der Waals surface area contributed by atoms with Gasteiger partial charge in [-0.05, 0) is 62.1 Å². The summed E-state index contributed by atoms with van der Waals surface area (Å²) in [6.45, 7) is 6.22. The van der Waals surface area contributed by atoms with Gasteiger partial charge < -0.3 is 15.1 Å². The first-order chi connectivity index (χ1) is 14.0. The summed E-state index contributed by atoms with van der Waals surface area (Å²) in [4.78, 5) is 29.2. The lowest BCUT2D eigenvalue weighted by atomic mass is 9.96. The van der Waals surface area contributed by atoms with E-state index in [1.54, 1.807) is 0 Å². The minimum atomic E-state index is -0.101. The Morgan fingerprint density at radius 2 is 1.86 bits per heavy atom. The number of nitrogens with zero attached hydrogens (tertiary/aromatic N) is 2. The van der Waals surface area contributed by atoms with Crippen LogP contribution in [0.4, 0.5) is 5.69 Å². The number of carbonyl (C=O) groups excluding carboxylic acids is 2. The number of rotatable bonds is 5. The Bertz CT molecular complexity index is 764. The number of nitrogens with one attached hydrogen (secondary N) is 1. The molecule has 3 aliphatic rings. The SMILES string of the molecule is C[C@H]1CCCN(c2ccc(CNC(=O)[C@@H]3CCCN(C(=O)C4CC4)C3)cc2Cl)C1. The number of hydrogen-bond donors (Lipinski definition) is 1. The predicted octanol–water partition coefficient (Wildman–Crippen LogP) is 3.84. The summed E-state index contributed by atoms with van der Waals surface area (Å²) in [6.07, 6.45) is 6.27. The van der Waals surface area contributed by atoms with Crippen LogP contribution < -0.4 is 10.2 Å². The second-order valence-electron chi connectivity index (χ2n) is 9.09. The van der Waals surface area contributed by atoms with E-state index in [0.29, 0.717) is 19.0 Å². The quantitative estimate of drug-likeness (QED) is 0.791. The number of likely N-dealkylation sites (tertiary alicyclic amines) is 1. The molecule has 1 aliphatic carbocycles. The van der Waals surface area contributed by atoms with Crippen LogP contribution in [0.3, 0.4) is 0 Å². The molecule has 1 saturated carbocycles. The normalized spacial score (nSPS) is 25.0. The van der Waals surface area contributed by atoms with Gasteiger partial charge in [0.15, 0.2) is 0 Å². The van der Waals surface area contributed by atoms with E-state index in [1.165, 1.54) is 12.8 Å². The third kappa shape index (κ3) is 5.06. The van der Waals surface area contributed by atoms with Crippen molar-refractivity contribution in [3.63, 3.8) is 0 Å². The van der Waals surface area contributed by atoms with E-state index in [2.05, 4.69) is 29.3 Å². The molecule has 1 aromatic carbocycles. The molecule has 2 heterocycles. The Morgan fingerprint density at radius 3 is 2.59 bits per heavy atom. The van der Waals surface area contributed by atoms with E-state index in [9.17, 15) is 9.59 Å². The zero-order chi connectivity index (χ0) is 20.4. The number of anilines is 1. The van der Waals surface area contributed by atoms with Crippen molar-refractivity contribution < 1.29 is 9.59 Å². The third-order valence-electron chi connectivity index (χ3n) is 6.51. The van der Waals surface area contributed by atoms with Gasteiger partial charge in [0.2, 0.25) is 11.8 Å². The minimum Gasteiger partial charge on any atom is -0.370 e. The molecule has 1 aromatic rings. The minimum absolute atomic E-state index is 0.0448. The van der Waals surface area contributed by atoms with Crippen molar-refractivity contribution in [2.24, 2.45) is 17.8 Å². The predicted molar refractivity (Wildman–Crippen MR) is 116 cm³/mol. The van der Waals surface area contributed by atoms with Gasteiger partial charge in [-0.25, -0.2) is 0 Å². The molecule has 0 bridgehead atoms. The molecule has 0 unspecified atom stereocenters. The largest absolute Gasteiger partial charge is 0.370 e. The smallest absolute Gasteiger partial charge is 0.225 e. The third-order valence-corrected chi connectivity index (χ3v) is 6.81. The maximum atomic E-state index is 12.7. The summed E-state index contributed by atoms with van der Waals surface area (Å²) < 4.78 is 0. The average molecular weight is 418 g/mol. The lowest BCUT2D eigenvalue weighted by Crippen LogP contribution is -2.45. The molecule has 5 nitrogen and oxygen atoms in total. The summed E-state index contributed by atoms with van der Waals surface area (Å²) in [7, 11) is 0. The lowest BCUT2D eigenvalue weighted by molar-refractivity contribution is -0.136. The van der Waals surface area contributed by atoms with E-state index < -0.39 is 0 Å². The number of carbonyl (C=O) groups is 2. The first-order valence-corrected chi connectivity index (χ1v) is 11.5. The zero-order valence-electron chi connectivity index (χ0n) is 17.3. The molecule has 1 N–H and O–H groups in total. The van der Waals surface area contributed by atoms with Gasteiger partial charge in [0, 0.05) is 38.6 Å². The summed E-state index contributed by atoms with van der Waals surface area (Å²) in [5.74, 6) is 1.11. The van der Waals surface area contributed by atoms with Crippen molar-refractivity contribution in [3.8, 4) is 0 Å². The number of benzene rings is 1. The molecule has 0 radical (unpaired) electrons. The van der Waals surface area contributed by atoms with Gasteiger partial charge in [-0.2, -0.15) is 0 Å². The van der Waals surface area contributed by atoms with Gasteiger partial charge in [0.1, 0.15) is 0 Å². The molecule has 3 fully saturated rings. The van der Waals surface area contributed by atoms with Gasteiger partial charge in [0.05, 0.1) is 16.6 Å². The van der Waals surface area contributed by atoms with E-state index in [4.69, 9.17) is 11.6 Å². The molecular weight excluding hydrogens is 386 g/mol. The van der Waals surface area contributed by atoms with Crippen LogP contribution in [0.1, 0.15) is 51.0 Å². The summed E-state index contributed by atoms with van der Waals surface area (Å²) in [5, 5.41) is 3.81. The molecule has 2 atom stereocenters. The van der Waals surface area contributed by atoms with Crippen molar-refractivity contribution in [1.29, 1.82) is 0 Å². The first kappa shape index (κ1) is 20.5. The lowest BCUT2D eigenvalue weighted by Gasteiger charge is -2.33.